The second-order valence-corrected chi connectivity index (χ2v) is 10.5. The first-order chi connectivity index (χ1) is 14.7. The van der Waals surface area contributed by atoms with Crippen LogP contribution in [-0.2, 0) is 14.8 Å². The number of guanidine groups is 1. The second-order valence-electron chi connectivity index (χ2n) is 8.15. The molecule has 0 aromatic heterocycles. The Balaban J connectivity index is 1.40. The van der Waals surface area contributed by atoms with Gasteiger partial charge in [-0.1, -0.05) is 23.7 Å². The number of rotatable bonds is 4. The van der Waals surface area contributed by atoms with Crippen molar-refractivity contribution in [3.63, 3.8) is 0 Å². The van der Waals surface area contributed by atoms with Crippen molar-refractivity contribution in [2.75, 3.05) is 39.3 Å². The van der Waals surface area contributed by atoms with Crippen molar-refractivity contribution >= 4 is 44.3 Å². The molecule has 3 N–H and O–H groups in total. The molecule has 2 fully saturated rings. The Morgan fingerprint density at radius 2 is 1.74 bits per heavy atom. The molecule has 2 aliphatic rings. The zero-order valence-electron chi connectivity index (χ0n) is 17.1. The fourth-order valence-electron chi connectivity index (χ4n) is 4.26. The lowest BCUT2D eigenvalue weighted by Crippen LogP contribution is -2.54. The van der Waals surface area contributed by atoms with Crippen LogP contribution in [0, 0.1) is 11.3 Å². The molecular formula is C21H26ClN5O3S. The molecule has 2 heterocycles. The van der Waals surface area contributed by atoms with Gasteiger partial charge in [0, 0.05) is 37.7 Å². The van der Waals surface area contributed by atoms with Crippen LogP contribution in [-0.4, -0.2) is 73.7 Å². The van der Waals surface area contributed by atoms with Crippen LogP contribution in [0.3, 0.4) is 0 Å². The number of piperazine rings is 1. The first kappa shape index (κ1) is 21.9. The Bertz CT molecular complexity index is 1120. The number of piperidine rings is 1. The van der Waals surface area contributed by atoms with Crippen molar-refractivity contribution < 1.29 is 13.2 Å². The Labute approximate surface area is 187 Å². The monoisotopic (exact) mass is 463 g/mol. The van der Waals surface area contributed by atoms with E-state index >= 15 is 0 Å². The number of amides is 1. The minimum absolute atomic E-state index is 0.0881. The number of carbonyl (C=O) groups excluding carboxylic acids is 1. The minimum atomic E-state index is -3.76. The number of hydrogen-bond acceptors (Lipinski definition) is 4. The van der Waals surface area contributed by atoms with E-state index in [1.807, 2.05) is 4.90 Å². The van der Waals surface area contributed by atoms with Gasteiger partial charge < -0.3 is 15.5 Å². The summed E-state index contributed by atoms with van der Waals surface area (Å²) < 4.78 is 27.5. The number of nitrogens with zero attached hydrogens (tertiary/aromatic N) is 3. The van der Waals surface area contributed by atoms with Gasteiger partial charge in [0.25, 0.3) is 0 Å². The number of sulfonamides is 1. The molecule has 8 nitrogen and oxygen atoms in total. The average Bonchev–Trinajstić information content (AvgIpc) is 2.75. The van der Waals surface area contributed by atoms with Crippen LogP contribution in [0.25, 0.3) is 10.8 Å². The van der Waals surface area contributed by atoms with Gasteiger partial charge in [-0.15, -0.1) is 0 Å². The molecule has 31 heavy (non-hydrogen) atoms. The van der Waals surface area contributed by atoms with Gasteiger partial charge in [-0.25, -0.2) is 8.42 Å². The molecule has 0 atom stereocenters. The van der Waals surface area contributed by atoms with Gasteiger partial charge in [0.05, 0.1) is 11.4 Å². The first-order valence-corrected chi connectivity index (χ1v) is 12.1. The van der Waals surface area contributed by atoms with Gasteiger partial charge in [-0.2, -0.15) is 4.31 Å². The van der Waals surface area contributed by atoms with E-state index in [2.05, 4.69) is 0 Å². The Morgan fingerprint density at radius 1 is 1.06 bits per heavy atom. The Hall–Kier alpha value is -2.36. The van der Waals surface area contributed by atoms with E-state index < -0.39 is 10.0 Å². The summed E-state index contributed by atoms with van der Waals surface area (Å²) in [5.74, 6) is 0.261. The zero-order valence-corrected chi connectivity index (χ0v) is 18.7. The van der Waals surface area contributed by atoms with E-state index in [-0.39, 0.29) is 29.9 Å². The van der Waals surface area contributed by atoms with E-state index in [1.165, 1.54) is 4.31 Å². The third-order valence-corrected chi connectivity index (χ3v) is 8.21. The first-order valence-electron chi connectivity index (χ1n) is 10.3. The number of nitrogens with one attached hydrogen (secondary N) is 1. The highest BCUT2D eigenvalue weighted by molar-refractivity contribution is 7.89. The Kier molecular flexibility index (Phi) is 6.09. The lowest BCUT2D eigenvalue weighted by molar-refractivity contribution is -0.134. The number of likely N-dealkylation sites (tertiary alicyclic amines) is 1. The summed E-state index contributed by atoms with van der Waals surface area (Å²) in [6.07, 6.45) is 1.74. The summed E-state index contributed by atoms with van der Waals surface area (Å²) in [7, 11) is -3.76. The summed E-state index contributed by atoms with van der Waals surface area (Å²) >= 11 is 6.00. The van der Waals surface area contributed by atoms with Crippen LogP contribution in [0.2, 0.25) is 5.02 Å². The molecule has 0 aliphatic carbocycles. The molecule has 2 saturated heterocycles. The van der Waals surface area contributed by atoms with E-state index in [0.717, 1.165) is 36.7 Å². The lowest BCUT2D eigenvalue weighted by Gasteiger charge is -2.38. The summed E-state index contributed by atoms with van der Waals surface area (Å²) in [6, 6.07) is 10.2. The maximum atomic E-state index is 13.1. The van der Waals surface area contributed by atoms with Gasteiger partial charge in [0.1, 0.15) is 0 Å². The summed E-state index contributed by atoms with van der Waals surface area (Å²) in [5, 5.41) is 9.76. The summed E-state index contributed by atoms with van der Waals surface area (Å²) in [6.45, 7) is 2.57. The maximum Gasteiger partial charge on any atom is 0.243 e. The second kappa shape index (κ2) is 8.64. The number of carbonyl (C=O) groups is 1. The van der Waals surface area contributed by atoms with Crippen LogP contribution in [0.15, 0.2) is 41.3 Å². The number of hydrogen-bond donors (Lipinski definition) is 2. The Morgan fingerprint density at radius 3 is 2.42 bits per heavy atom. The number of benzene rings is 2. The summed E-state index contributed by atoms with van der Waals surface area (Å²) in [4.78, 5) is 16.5. The minimum Gasteiger partial charge on any atom is -0.370 e. The largest absolute Gasteiger partial charge is 0.370 e. The molecule has 2 aliphatic heterocycles. The molecule has 4 rings (SSSR count). The molecule has 0 unspecified atom stereocenters. The van der Waals surface area contributed by atoms with E-state index in [9.17, 15) is 13.2 Å². The topological polar surface area (TPSA) is 111 Å². The molecule has 0 spiro atoms. The molecule has 0 bridgehead atoms. The highest BCUT2D eigenvalue weighted by Gasteiger charge is 2.34. The maximum absolute atomic E-state index is 13.1. The van der Waals surface area contributed by atoms with Gasteiger partial charge in [0.15, 0.2) is 5.96 Å². The quantitative estimate of drug-likeness (QED) is 0.531. The highest BCUT2D eigenvalue weighted by atomic mass is 35.5. The highest BCUT2D eigenvalue weighted by Crippen LogP contribution is 2.26. The van der Waals surface area contributed by atoms with Crippen molar-refractivity contribution in [3.05, 3.63) is 41.4 Å². The normalized spacial score (nSPS) is 19.2. The standard InChI is InChI=1S/C21H26ClN5O3S/c22-18-3-1-17-12-19(4-2-16(17)11-18)31(29,30)27-10-9-26(20(28)14-27)13-15-5-7-25(8-6-15)21(23)24/h1-4,11-12,15H,5-10,13-14H2,(H3,23,24). The van der Waals surface area contributed by atoms with Crippen LogP contribution >= 0.6 is 11.6 Å². The predicted molar refractivity (Wildman–Crippen MR) is 121 cm³/mol. The SMILES string of the molecule is N=C(N)N1CCC(CN2CCN(S(=O)(=O)c3ccc4cc(Cl)ccc4c3)CC2=O)CC1. The van der Waals surface area contributed by atoms with Crippen molar-refractivity contribution in [2.45, 2.75) is 17.7 Å². The van der Waals surface area contributed by atoms with Crippen molar-refractivity contribution in [2.24, 2.45) is 11.7 Å². The van der Waals surface area contributed by atoms with Crippen molar-refractivity contribution in [1.29, 1.82) is 5.41 Å². The number of halogens is 1. The van der Waals surface area contributed by atoms with Crippen LogP contribution in [0.1, 0.15) is 12.8 Å². The van der Waals surface area contributed by atoms with Gasteiger partial charge in [-0.3, -0.25) is 10.2 Å². The van der Waals surface area contributed by atoms with Gasteiger partial charge in [-0.05, 0) is 53.8 Å². The van der Waals surface area contributed by atoms with Crippen molar-refractivity contribution in [1.82, 2.24) is 14.1 Å². The third kappa shape index (κ3) is 4.63. The molecule has 0 saturated carbocycles. The number of nitrogens with two attached hydrogens (primary N) is 1. The fraction of sp³-hybridized carbons (Fsp3) is 0.429. The van der Waals surface area contributed by atoms with Crippen molar-refractivity contribution in [3.8, 4) is 0 Å². The molecule has 10 heteroatoms. The predicted octanol–water partition coefficient (Wildman–Crippen LogP) is 1.93. The molecule has 2 aromatic rings. The molecule has 0 radical (unpaired) electrons. The zero-order chi connectivity index (χ0) is 22.2. The molecule has 166 valence electrons. The van der Waals surface area contributed by atoms with Gasteiger partial charge >= 0.3 is 0 Å². The van der Waals surface area contributed by atoms with E-state index in [4.69, 9.17) is 22.7 Å². The smallest absolute Gasteiger partial charge is 0.243 e. The third-order valence-electron chi connectivity index (χ3n) is 6.13. The molecule has 2 aromatic carbocycles. The van der Waals surface area contributed by atoms with Crippen LogP contribution in [0.5, 0.6) is 0 Å². The van der Waals surface area contributed by atoms with Gasteiger partial charge in [0.2, 0.25) is 15.9 Å². The number of fused-ring (bicyclic) bond motifs is 1. The molecular weight excluding hydrogens is 438 g/mol. The molecule has 1 amide bonds. The summed E-state index contributed by atoms with van der Waals surface area (Å²) in [5.41, 5.74) is 5.54. The van der Waals surface area contributed by atoms with E-state index in [1.54, 1.807) is 41.3 Å². The van der Waals surface area contributed by atoms with Crippen LogP contribution < -0.4 is 5.73 Å². The average molecular weight is 464 g/mol. The van der Waals surface area contributed by atoms with E-state index in [0.29, 0.717) is 24.0 Å². The fourth-order valence-corrected chi connectivity index (χ4v) is 5.85. The van der Waals surface area contributed by atoms with Crippen LogP contribution in [0.4, 0.5) is 0 Å². The lowest BCUT2D eigenvalue weighted by atomic mass is 9.96.